The van der Waals surface area contributed by atoms with Crippen molar-refractivity contribution >= 4 is 22.7 Å². The third kappa shape index (κ3) is 3.74. The summed E-state index contributed by atoms with van der Waals surface area (Å²) in [6, 6.07) is 10.3. The zero-order chi connectivity index (χ0) is 17.1. The maximum atomic E-state index is 13.8. The first-order valence-corrected chi connectivity index (χ1v) is 8.70. The van der Waals surface area contributed by atoms with Crippen molar-refractivity contribution in [2.24, 2.45) is 0 Å². The Balaban J connectivity index is 2.03. The monoisotopic (exact) mass is 345 g/mol. The molecular formula is C19H20FNO2S. The summed E-state index contributed by atoms with van der Waals surface area (Å²) in [4.78, 5) is 3.13. The van der Waals surface area contributed by atoms with Gasteiger partial charge in [0.2, 0.25) is 0 Å². The Labute approximate surface area is 146 Å². The molecule has 24 heavy (non-hydrogen) atoms. The molecule has 0 aliphatic carbocycles. The quantitative estimate of drug-likeness (QED) is 0.781. The van der Waals surface area contributed by atoms with E-state index >= 15 is 0 Å². The molecule has 0 saturated carbocycles. The minimum atomic E-state index is -0.264. The van der Waals surface area contributed by atoms with Crippen LogP contribution in [0.25, 0.3) is 11.0 Å². The zero-order valence-corrected chi connectivity index (χ0v) is 14.8. The molecule has 0 N–H and O–H groups in total. The Morgan fingerprint density at radius 3 is 2.67 bits per heavy atom. The lowest BCUT2D eigenvalue weighted by Gasteiger charge is -2.12. The van der Waals surface area contributed by atoms with Crippen LogP contribution in [-0.4, -0.2) is 38.4 Å². The molecule has 126 valence electrons. The highest BCUT2D eigenvalue weighted by Gasteiger charge is 2.18. The fourth-order valence-electron chi connectivity index (χ4n) is 2.44. The molecule has 2 aromatic carbocycles. The van der Waals surface area contributed by atoms with Crippen LogP contribution in [0.1, 0.15) is 11.1 Å². The highest BCUT2D eigenvalue weighted by atomic mass is 32.2. The molecule has 5 heteroatoms. The maximum absolute atomic E-state index is 13.8. The third-order valence-electron chi connectivity index (χ3n) is 3.73. The first kappa shape index (κ1) is 16.9. The van der Waals surface area contributed by atoms with Gasteiger partial charge in [0.25, 0.3) is 0 Å². The number of halogens is 1. The van der Waals surface area contributed by atoms with E-state index in [1.54, 1.807) is 24.9 Å². The Hall–Kier alpha value is -1.98. The van der Waals surface area contributed by atoms with Gasteiger partial charge >= 0.3 is 0 Å². The number of methoxy groups -OCH3 is 1. The summed E-state index contributed by atoms with van der Waals surface area (Å²) >= 11 is 1.70. The summed E-state index contributed by atoms with van der Waals surface area (Å²) in [5, 5.41) is 0. The Bertz CT molecular complexity index is 774. The molecule has 3 rings (SSSR count). The predicted octanol–water partition coefficient (Wildman–Crippen LogP) is 4.73. The summed E-state index contributed by atoms with van der Waals surface area (Å²) in [5.41, 5.74) is 1.72. The van der Waals surface area contributed by atoms with Crippen LogP contribution < -0.4 is 9.47 Å². The number of fused-ring (bicyclic) bond motifs is 2. The van der Waals surface area contributed by atoms with E-state index in [-0.39, 0.29) is 5.82 Å². The van der Waals surface area contributed by atoms with Gasteiger partial charge < -0.3 is 14.4 Å². The van der Waals surface area contributed by atoms with E-state index in [1.807, 2.05) is 38.4 Å². The predicted molar refractivity (Wildman–Crippen MR) is 98.4 cm³/mol. The van der Waals surface area contributed by atoms with E-state index < -0.39 is 0 Å². The normalized spacial score (nSPS) is 12.8. The van der Waals surface area contributed by atoms with E-state index in [2.05, 4.69) is 4.90 Å². The molecule has 0 spiro atoms. The SMILES string of the molecule is COc1ccc2c(c1)C=C(SCCN(C)C)c1cc(F)ccc1O2. The van der Waals surface area contributed by atoms with Gasteiger partial charge in [-0.1, -0.05) is 0 Å². The van der Waals surface area contributed by atoms with Crippen molar-refractivity contribution in [3.8, 4) is 17.2 Å². The highest BCUT2D eigenvalue weighted by Crippen LogP contribution is 2.43. The lowest BCUT2D eigenvalue weighted by Crippen LogP contribution is -2.14. The van der Waals surface area contributed by atoms with Crippen molar-refractivity contribution in [2.45, 2.75) is 0 Å². The molecule has 2 aromatic rings. The Morgan fingerprint density at radius 1 is 1.12 bits per heavy atom. The average molecular weight is 345 g/mol. The molecule has 0 unspecified atom stereocenters. The van der Waals surface area contributed by atoms with Gasteiger partial charge in [-0.2, -0.15) is 0 Å². The van der Waals surface area contributed by atoms with Crippen LogP contribution in [0.15, 0.2) is 36.4 Å². The van der Waals surface area contributed by atoms with Crippen molar-refractivity contribution in [3.63, 3.8) is 0 Å². The van der Waals surface area contributed by atoms with Gasteiger partial charge in [-0.05, 0) is 56.6 Å². The molecule has 1 heterocycles. The summed E-state index contributed by atoms with van der Waals surface area (Å²) in [5.74, 6) is 2.83. The van der Waals surface area contributed by atoms with E-state index in [0.29, 0.717) is 5.75 Å². The van der Waals surface area contributed by atoms with Gasteiger partial charge in [0.15, 0.2) is 0 Å². The molecule has 1 aliphatic heterocycles. The van der Waals surface area contributed by atoms with E-state index in [0.717, 1.165) is 39.8 Å². The maximum Gasteiger partial charge on any atom is 0.136 e. The number of ether oxygens (including phenoxy) is 2. The molecule has 0 bridgehead atoms. The van der Waals surface area contributed by atoms with Crippen molar-refractivity contribution in [3.05, 3.63) is 53.3 Å². The van der Waals surface area contributed by atoms with Crippen LogP contribution >= 0.6 is 11.8 Å². The average Bonchev–Trinajstić information content (AvgIpc) is 2.70. The molecule has 0 atom stereocenters. The number of nitrogens with zero attached hydrogens (tertiary/aromatic N) is 1. The largest absolute Gasteiger partial charge is 0.497 e. The topological polar surface area (TPSA) is 21.7 Å². The number of benzene rings is 2. The molecule has 0 amide bonds. The summed E-state index contributed by atoms with van der Waals surface area (Å²) in [6.45, 7) is 0.943. The number of hydrogen-bond acceptors (Lipinski definition) is 4. The van der Waals surface area contributed by atoms with Crippen molar-refractivity contribution in [1.82, 2.24) is 4.90 Å². The molecular weight excluding hydrogens is 325 g/mol. The van der Waals surface area contributed by atoms with Crippen LogP contribution in [0.2, 0.25) is 0 Å². The number of rotatable bonds is 5. The molecule has 1 aliphatic rings. The van der Waals surface area contributed by atoms with Gasteiger partial charge in [-0.25, -0.2) is 4.39 Å². The van der Waals surface area contributed by atoms with Crippen molar-refractivity contribution in [1.29, 1.82) is 0 Å². The number of thioether (sulfide) groups is 1. The lowest BCUT2D eigenvalue weighted by molar-refractivity contribution is 0.412. The zero-order valence-electron chi connectivity index (χ0n) is 14.0. The van der Waals surface area contributed by atoms with E-state index in [4.69, 9.17) is 9.47 Å². The molecule has 3 nitrogen and oxygen atoms in total. The van der Waals surface area contributed by atoms with Gasteiger partial charge in [-0.15, -0.1) is 11.8 Å². The van der Waals surface area contributed by atoms with Gasteiger partial charge in [0.05, 0.1) is 7.11 Å². The lowest BCUT2D eigenvalue weighted by atomic mass is 10.1. The van der Waals surface area contributed by atoms with E-state index in [1.165, 1.54) is 12.1 Å². The highest BCUT2D eigenvalue weighted by molar-refractivity contribution is 8.08. The summed E-state index contributed by atoms with van der Waals surface area (Å²) in [6.07, 6.45) is 2.05. The third-order valence-corrected chi connectivity index (χ3v) is 4.76. The van der Waals surface area contributed by atoms with Crippen LogP contribution in [0.4, 0.5) is 4.39 Å². The van der Waals surface area contributed by atoms with Crippen LogP contribution in [0.3, 0.4) is 0 Å². The van der Waals surface area contributed by atoms with Crippen LogP contribution in [0.5, 0.6) is 17.2 Å². The smallest absolute Gasteiger partial charge is 0.136 e. The molecule has 0 fully saturated rings. The minimum absolute atomic E-state index is 0.264. The molecule has 0 saturated heterocycles. The second-order valence-corrected chi connectivity index (χ2v) is 6.94. The Kier molecular flexibility index (Phi) is 5.11. The van der Waals surface area contributed by atoms with Crippen LogP contribution in [0, 0.1) is 5.82 Å². The number of hydrogen-bond donors (Lipinski definition) is 0. The van der Waals surface area contributed by atoms with Crippen LogP contribution in [-0.2, 0) is 0 Å². The van der Waals surface area contributed by atoms with Gasteiger partial charge in [-0.3, -0.25) is 0 Å². The fourth-order valence-corrected chi connectivity index (χ4v) is 3.64. The second-order valence-electron chi connectivity index (χ2n) is 5.81. The van der Waals surface area contributed by atoms with Crippen molar-refractivity contribution in [2.75, 3.05) is 33.5 Å². The van der Waals surface area contributed by atoms with Gasteiger partial charge in [0.1, 0.15) is 23.1 Å². The second kappa shape index (κ2) is 7.28. The minimum Gasteiger partial charge on any atom is -0.497 e. The van der Waals surface area contributed by atoms with E-state index in [9.17, 15) is 4.39 Å². The van der Waals surface area contributed by atoms with Crippen molar-refractivity contribution < 1.29 is 13.9 Å². The van der Waals surface area contributed by atoms with Gasteiger partial charge in [0, 0.05) is 28.3 Å². The standard InChI is InChI=1S/C19H20FNO2S/c1-21(2)8-9-24-19-11-13-10-15(22-3)5-7-17(13)23-18-6-4-14(20)12-16(18)19/h4-7,10-12H,8-9H2,1-3H3. The fraction of sp³-hybridized carbons (Fsp3) is 0.263. The molecule has 0 aromatic heterocycles. The first-order valence-electron chi connectivity index (χ1n) is 7.72. The summed E-state index contributed by atoms with van der Waals surface area (Å²) in [7, 11) is 5.72. The Morgan fingerprint density at radius 2 is 1.92 bits per heavy atom. The first-order chi connectivity index (χ1) is 11.6. The summed E-state index contributed by atoms with van der Waals surface area (Å²) < 4.78 is 25.1. The molecule has 0 radical (unpaired) electrons.